The van der Waals surface area contributed by atoms with Crippen molar-refractivity contribution in [1.29, 1.82) is 0 Å². The SMILES string of the molecule is CC(=NC(=O)OCc1ccc([N+](=O)[O-])cc1)N1CC[C@H](SC(=O)C[C@@H]2[C@@H]([C@@H](C)OC(=O)OCc3ccc([N+](=O)[O-])cc3)C(=O)N2CCOCc2ccc([N+](=O)[O-])cc2)C1. The Kier molecular flexibility index (Phi) is 15.0. The smallest absolute Gasteiger partial charge is 0.443 e. The average Bonchev–Trinajstić information content (AvgIpc) is 3.68. The van der Waals surface area contributed by atoms with E-state index < -0.39 is 45.1 Å². The number of thioether (sulfide) groups is 1. The molecule has 2 heterocycles. The molecular weight excluding hydrogens is 797 g/mol. The monoisotopic (exact) mass is 836 g/mol. The molecular formula is C38H40N6O14S. The zero-order chi connectivity index (χ0) is 42.6. The molecule has 0 saturated carbocycles. The second kappa shape index (κ2) is 20.3. The Balaban J connectivity index is 1.14. The summed E-state index contributed by atoms with van der Waals surface area (Å²) < 4.78 is 21.5. The minimum absolute atomic E-state index is 0.0602. The van der Waals surface area contributed by atoms with E-state index >= 15 is 0 Å². The van der Waals surface area contributed by atoms with Crippen molar-refractivity contribution in [2.75, 3.05) is 26.2 Å². The number of aliphatic imine (C=N–C) groups is 1. The molecule has 2 saturated heterocycles. The molecule has 0 radical (unpaired) electrons. The minimum atomic E-state index is -1.06. The van der Waals surface area contributed by atoms with E-state index in [1.807, 2.05) is 4.90 Å². The number of nitrogens with zero attached hydrogens (tertiary/aromatic N) is 6. The van der Waals surface area contributed by atoms with Gasteiger partial charge in [0.15, 0.2) is 5.12 Å². The lowest BCUT2D eigenvalue weighted by Gasteiger charge is -2.48. The third kappa shape index (κ3) is 12.3. The molecule has 0 N–H and O–H groups in total. The molecule has 0 spiro atoms. The molecule has 312 valence electrons. The standard InChI is InChI=1S/C38H40N6O14S/c1-24(58-38(48)57-23-28-7-13-31(14-8-28)44(53)54)35-33(41(36(35)46)17-18-55-21-26-3-9-29(10-4-26)42(49)50)19-34(45)59-32-15-16-40(20-32)25(2)39-37(47)56-22-27-5-11-30(12-6-27)43(51)52/h3-14,24,32-33,35H,15-23H2,1-2H3/t24-,32+,33-,35-/m1/s1. The van der Waals surface area contributed by atoms with Crippen LogP contribution in [0.15, 0.2) is 77.8 Å². The number of hydrogen-bond acceptors (Lipinski definition) is 15. The molecule has 3 aromatic carbocycles. The second-order valence-corrected chi connectivity index (χ2v) is 14.9. The molecule has 2 amide bonds. The molecule has 0 aliphatic carbocycles. The van der Waals surface area contributed by atoms with Crippen molar-refractivity contribution in [2.24, 2.45) is 10.9 Å². The van der Waals surface area contributed by atoms with Crippen LogP contribution in [0.25, 0.3) is 0 Å². The minimum Gasteiger partial charge on any atom is -0.443 e. The van der Waals surface area contributed by atoms with Crippen molar-refractivity contribution in [1.82, 2.24) is 9.80 Å². The van der Waals surface area contributed by atoms with Crippen LogP contribution in [0, 0.1) is 36.3 Å². The van der Waals surface area contributed by atoms with Gasteiger partial charge in [-0.1, -0.05) is 11.8 Å². The Morgan fingerprint density at radius 1 is 0.814 bits per heavy atom. The van der Waals surface area contributed by atoms with Crippen molar-refractivity contribution < 1.29 is 52.9 Å². The van der Waals surface area contributed by atoms with E-state index in [1.54, 1.807) is 19.1 Å². The van der Waals surface area contributed by atoms with Gasteiger partial charge in [0, 0.05) is 67.7 Å². The summed E-state index contributed by atoms with van der Waals surface area (Å²) in [6.07, 6.45) is -2.33. The van der Waals surface area contributed by atoms with Crippen molar-refractivity contribution in [3.63, 3.8) is 0 Å². The molecule has 20 nitrogen and oxygen atoms in total. The van der Waals surface area contributed by atoms with E-state index in [-0.39, 0.29) is 72.7 Å². The largest absolute Gasteiger partial charge is 0.508 e. The Labute approximate surface area is 340 Å². The number of nitro benzene ring substituents is 3. The predicted molar refractivity (Wildman–Crippen MR) is 209 cm³/mol. The number of benzene rings is 3. The molecule has 0 bridgehead atoms. The van der Waals surface area contributed by atoms with Crippen molar-refractivity contribution in [2.45, 2.75) is 63.9 Å². The average molecular weight is 837 g/mol. The molecule has 5 rings (SSSR count). The summed E-state index contributed by atoms with van der Waals surface area (Å²) >= 11 is 1.11. The lowest BCUT2D eigenvalue weighted by molar-refractivity contribution is -0.385. The highest BCUT2D eigenvalue weighted by atomic mass is 32.2. The molecule has 3 aromatic rings. The Morgan fingerprint density at radius 3 is 1.85 bits per heavy atom. The van der Waals surface area contributed by atoms with Gasteiger partial charge in [0.1, 0.15) is 25.2 Å². The summed E-state index contributed by atoms with van der Waals surface area (Å²) in [6, 6.07) is 16.2. The number of rotatable bonds is 17. The number of nitro groups is 3. The van der Waals surface area contributed by atoms with Crippen molar-refractivity contribution >= 4 is 57.9 Å². The maximum atomic E-state index is 13.5. The van der Waals surface area contributed by atoms with Gasteiger partial charge in [0.25, 0.3) is 17.1 Å². The van der Waals surface area contributed by atoms with Crippen molar-refractivity contribution in [3.05, 3.63) is 120 Å². The number of non-ortho nitro benzene ring substituents is 3. The van der Waals surface area contributed by atoms with Gasteiger partial charge >= 0.3 is 12.2 Å². The first kappa shape index (κ1) is 43.6. The number of amides is 2. The lowest BCUT2D eigenvalue weighted by Crippen LogP contribution is -2.65. The van der Waals surface area contributed by atoms with E-state index in [1.165, 1.54) is 72.5 Å². The Morgan fingerprint density at radius 2 is 1.32 bits per heavy atom. The summed E-state index contributed by atoms with van der Waals surface area (Å²) in [7, 11) is 0. The zero-order valence-electron chi connectivity index (χ0n) is 31.9. The number of ether oxygens (including phenoxy) is 4. The normalized spacial score (nSPS) is 18.1. The summed E-state index contributed by atoms with van der Waals surface area (Å²) in [5.74, 6) is -0.834. The van der Waals surface area contributed by atoms with E-state index in [4.69, 9.17) is 18.9 Å². The first-order valence-corrected chi connectivity index (χ1v) is 19.1. The van der Waals surface area contributed by atoms with Gasteiger partial charge < -0.3 is 28.7 Å². The fourth-order valence-corrected chi connectivity index (χ4v) is 7.57. The van der Waals surface area contributed by atoms with Crippen LogP contribution >= 0.6 is 11.8 Å². The highest BCUT2D eigenvalue weighted by Gasteiger charge is 2.52. The van der Waals surface area contributed by atoms with E-state index in [2.05, 4.69) is 4.99 Å². The molecule has 2 fully saturated rings. The third-order valence-corrected chi connectivity index (χ3v) is 10.8. The summed E-state index contributed by atoms with van der Waals surface area (Å²) in [5.41, 5.74) is 1.45. The maximum absolute atomic E-state index is 13.5. The summed E-state index contributed by atoms with van der Waals surface area (Å²) in [6.45, 7) is 4.08. The van der Waals surface area contributed by atoms with Crippen LogP contribution in [-0.2, 0) is 48.4 Å². The van der Waals surface area contributed by atoms with Gasteiger partial charge in [-0.2, -0.15) is 4.99 Å². The number of likely N-dealkylation sites (tertiary alicyclic amines) is 2. The summed E-state index contributed by atoms with van der Waals surface area (Å²) in [5, 5.41) is 32.4. The molecule has 4 atom stereocenters. The molecule has 2 aliphatic heterocycles. The summed E-state index contributed by atoms with van der Waals surface area (Å²) in [4.78, 5) is 90.4. The molecule has 2 aliphatic rings. The molecule has 0 unspecified atom stereocenters. The van der Waals surface area contributed by atoms with Crippen LogP contribution in [0.4, 0.5) is 26.7 Å². The Hall–Kier alpha value is -6.48. The first-order chi connectivity index (χ1) is 28.2. The van der Waals surface area contributed by atoms with Crippen LogP contribution in [0.2, 0.25) is 0 Å². The van der Waals surface area contributed by atoms with E-state index in [0.717, 1.165) is 11.8 Å². The highest BCUT2D eigenvalue weighted by Crippen LogP contribution is 2.36. The van der Waals surface area contributed by atoms with Crippen LogP contribution in [0.5, 0.6) is 0 Å². The quantitative estimate of drug-likeness (QED) is 0.0288. The molecule has 0 aromatic heterocycles. The fraction of sp³-hybridized carbons (Fsp3) is 0.395. The van der Waals surface area contributed by atoms with E-state index in [0.29, 0.717) is 42.0 Å². The van der Waals surface area contributed by atoms with Crippen molar-refractivity contribution in [3.8, 4) is 0 Å². The van der Waals surface area contributed by atoms with Gasteiger partial charge in [-0.05, 0) is 73.4 Å². The highest BCUT2D eigenvalue weighted by molar-refractivity contribution is 8.14. The van der Waals surface area contributed by atoms with Crippen LogP contribution < -0.4 is 0 Å². The maximum Gasteiger partial charge on any atom is 0.508 e. The lowest BCUT2D eigenvalue weighted by atomic mass is 9.81. The van der Waals surface area contributed by atoms with Gasteiger partial charge in [-0.25, -0.2) is 9.59 Å². The topological polar surface area (TPSA) is 253 Å². The predicted octanol–water partition coefficient (Wildman–Crippen LogP) is 5.98. The number of carbonyl (C=O) groups excluding carboxylic acids is 4. The van der Waals surface area contributed by atoms with Crippen LogP contribution in [0.3, 0.4) is 0 Å². The third-order valence-electron chi connectivity index (χ3n) is 9.61. The van der Waals surface area contributed by atoms with E-state index in [9.17, 15) is 49.5 Å². The van der Waals surface area contributed by atoms with Crippen LogP contribution in [0.1, 0.15) is 43.4 Å². The number of amidine groups is 1. The van der Waals surface area contributed by atoms with Gasteiger partial charge in [-0.15, -0.1) is 0 Å². The van der Waals surface area contributed by atoms with Gasteiger partial charge in [0.2, 0.25) is 5.91 Å². The second-order valence-electron chi connectivity index (χ2n) is 13.6. The molecule has 21 heteroatoms. The van der Waals surface area contributed by atoms with Gasteiger partial charge in [-0.3, -0.25) is 39.9 Å². The fourth-order valence-electron chi connectivity index (χ4n) is 6.46. The number of β-lactam (4-membered cyclic amide) rings is 1. The Bertz CT molecular complexity index is 2070. The van der Waals surface area contributed by atoms with Crippen LogP contribution in [-0.4, -0.2) is 97.3 Å². The van der Waals surface area contributed by atoms with Gasteiger partial charge in [0.05, 0.1) is 39.9 Å². The number of hydrogen-bond donors (Lipinski definition) is 0. The first-order valence-electron chi connectivity index (χ1n) is 18.3. The zero-order valence-corrected chi connectivity index (χ0v) is 32.7. The number of carbonyl (C=O) groups is 4. The molecule has 59 heavy (non-hydrogen) atoms.